The third-order valence-corrected chi connectivity index (χ3v) is 6.85. The van der Waals surface area contributed by atoms with E-state index in [1.165, 1.54) is 16.9 Å². The van der Waals surface area contributed by atoms with Crippen LogP contribution in [0.2, 0.25) is 0 Å². The molecule has 0 spiro atoms. The third kappa shape index (κ3) is 9.68. The fourth-order valence-corrected chi connectivity index (χ4v) is 4.55. The fourth-order valence-electron chi connectivity index (χ4n) is 3.93. The van der Waals surface area contributed by atoms with Crippen molar-refractivity contribution in [3.63, 3.8) is 0 Å². The summed E-state index contributed by atoms with van der Waals surface area (Å²) in [5, 5.41) is 16.4. The van der Waals surface area contributed by atoms with Crippen LogP contribution in [0.15, 0.2) is 95.7 Å². The summed E-state index contributed by atoms with van der Waals surface area (Å²) in [7, 11) is 0. The number of benzene rings is 1. The molecule has 0 radical (unpaired) electrons. The van der Waals surface area contributed by atoms with E-state index in [9.17, 15) is 4.79 Å². The Bertz CT molecular complexity index is 1180. The van der Waals surface area contributed by atoms with Gasteiger partial charge in [0.15, 0.2) is 0 Å². The number of rotatable bonds is 15. The number of pyridine rings is 1. The van der Waals surface area contributed by atoms with Crippen LogP contribution >= 0.6 is 11.3 Å². The molecule has 0 saturated heterocycles. The molecule has 38 heavy (non-hydrogen) atoms. The van der Waals surface area contributed by atoms with Crippen LogP contribution in [0.3, 0.4) is 0 Å². The van der Waals surface area contributed by atoms with Crippen LogP contribution in [0.4, 0.5) is 0 Å². The summed E-state index contributed by atoms with van der Waals surface area (Å²) in [5.41, 5.74) is 5.79. The first-order chi connectivity index (χ1) is 18.8. The smallest absolute Gasteiger partial charge is 0.281 e. The lowest BCUT2D eigenvalue weighted by Gasteiger charge is -2.24. The molecule has 0 bridgehead atoms. The Morgan fingerprint density at radius 2 is 1.92 bits per heavy atom. The van der Waals surface area contributed by atoms with E-state index in [0.717, 1.165) is 57.1 Å². The van der Waals surface area contributed by atoms with Gasteiger partial charge >= 0.3 is 0 Å². The van der Waals surface area contributed by atoms with Crippen LogP contribution in [0, 0.1) is 0 Å². The van der Waals surface area contributed by atoms with Gasteiger partial charge in [-0.2, -0.15) is 5.10 Å². The molecule has 1 aliphatic heterocycles. The van der Waals surface area contributed by atoms with E-state index in [1.807, 2.05) is 60.3 Å². The molecule has 1 amide bonds. The van der Waals surface area contributed by atoms with Gasteiger partial charge in [0.1, 0.15) is 0 Å². The molecule has 0 saturated carbocycles. The molecule has 1 aliphatic rings. The van der Waals surface area contributed by atoms with Gasteiger partial charge in [0, 0.05) is 52.0 Å². The molecule has 1 aromatic carbocycles. The minimum absolute atomic E-state index is 0.194. The average molecular weight is 530 g/mol. The highest BCUT2D eigenvalue weighted by molar-refractivity contribution is 7.12. The Morgan fingerprint density at radius 1 is 1.05 bits per heavy atom. The van der Waals surface area contributed by atoms with Crippen molar-refractivity contribution in [2.75, 3.05) is 32.7 Å². The Kier molecular flexibility index (Phi) is 11.2. The average Bonchev–Trinajstić information content (AvgIpc) is 3.51. The van der Waals surface area contributed by atoms with Gasteiger partial charge in [-0.1, -0.05) is 48.6 Å². The summed E-state index contributed by atoms with van der Waals surface area (Å²) in [4.78, 5) is 19.5. The number of hydrogen-bond acceptors (Lipinski definition) is 8. The maximum Gasteiger partial charge on any atom is 0.281 e. The standard InChI is InChI=1S/C29H35N7OS/c37-29(28-8-5-19-38-28)35-34-20-24-9-11-25(12-10-24)23-36(17-15-30-21-26-6-1-3-13-32-26)18-16-31-22-27-7-2-4-14-33-27/h1-14,19-20,26,30-32H,15-18,21-23H2,(H,35,37)/b34-20+. The van der Waals surface area contributed by atoms with Gasteiger partial charge in [-0.25, -0.2) is 5.43 Å². The highest BCUT2D eigenvalue weighted by atomic mass is 32.1. The van der Waals surface area contributed by atoms with Gasteiger partial charge in [-0.3, -0.25) is 14.7 Å². The SMILES string of the molecule is O=C(N/N=C/c1ccc(CN(CCNCc2ccccn2)CCNCC2C=CC=CN2)cc1)c1cccs1. The lowest BCUT2D eigenvalue weighted by Crippen LogP contribution is -2.40. The zero-order valence-electron chi connectivity index (χ0n) is 21.4. The first-order valence-corrected chi connectivity index (χ1v) is 13.7. The van der Waals surface area contributed by atoms with Crippen molar-refractivity contribution in [2.45, 2.75) is 19.1 Å². The number of thiophene rings is 1. The number of amides is 1. The van der Waals surface area contributed by atoms with E-state index in [0.29, 0.717) is 10.9 Å². The summed E-state index contributed by atoms with van der Waals surface area (Å²) >= 11 is 1.39. The molecule has 1 atom stereocenters. The molecule has 2 aromatic heterocycles. The van der Waals surface area contributed by atoms with E-state index in [1.54, 1.807) is 12.3 Å². The normalized spacial score (nSPS) is 14.7. The Balaban J connectivity index is 1.24. The second kappa shape index (κ2) is 15.6. The van der Waals surface area contributed by atoms with Gasteiger partial charge < -0.3 is 16.0 Å². The zero-order valence-corrected chi connectivity index (χ0v) is 22.2. The summed E-state index contributed by atoms with van der Waals surface area (Å²) in [5.74, 6) is -0.194. The number of carbonyl (C=O) groups excluding carboxylic acids is 1. The molecular weight excluding hydrogens is 494 g/mol. The first-order valence-electron chi connectivity index (χ1n) is 12.9. The van der Waals surface area contributed by atoms with Crippen LogP contribution in [0.25, 0.3) is 0 Å². The Morgan fingerprint density at radius 3 is 2.66 bits per heavy atom. The van der Waals surface area contributed by atoms with Gasteiger partial charge in [0.25, 0.3) is 5.91 Å². The highest BCUT2D eigenvalue weighted by Crippen LogP contribution is 2.09. The molecule has 0 aliphatic carbocycles. The largest absolute Gasteiger partial charge is 0.383 e. The Labute approximate surface area is 228 Å². The summed E-state index contributed by atoms with van der Waals surface area (Å²) < 4.78 is 0. The van der Waals surface area contributed by atoms with Crippen molar-refractivity contribution in [2.24, 2.45) is 5.10 Å². The number of aromatic nitrogens is 1. The third-order valence-electron chi connectivity index (χ3n) is 5.98. The highest BCUT2D eigenvalue weighted by Gasteiger charge is 2.08. The van der Waals surface area contributed by atoms with Gasteiger partial charge in [0.05, 0.1) is 22.8 Å². The van der Waals surface area contributed by atoms with Gasteiger partial charge in [-0.05, 0) is 47.0 Å². The van der Waals surface area contributed by atoms with Crippen LogP contribution in [-0.2, 0) is 13.1 Å². The quantitative estimate of drug-likeness (QED) is 0.137. The molecular formula is C29H35N7OS. The summed E-state index contributed by atoms with van der Waals surface area (Å²) in [6, 6.07) is 18.2. The van der Waals surface area contributed by atoms with E-state index in [4.69, 9.17) is 0 Å². The van der Waals surface area contributed by atoms with E-state index >= 15 is 0 Å². The maximum absolute atomic E-state index is 12.0. The number of hydrazone groups is 1. The second-order valence-corrected chi connectivity index (χ2v) is 9.86. The summed E-state index contributed by atoms with van der Waals surface area (Å²) in [6.07, 6.45) is 11.7. The molecule has 4 N–H and O–H groups in total. The predicted molar refractivity (Wildman–Crippen MR) is 155 cm³/mol. The molecule has 1 unspecified atom stereocenters. The zero-order chi connectivity index (χ0) is 26.3. The predicted octanol–water partition coefficient (Wildman–Crippen LogP) is 3.13. The molecule has 4 rings (SSSR count). The molecule has 0 fully saturated rings. The molecule has 3 aromatic rings. The van der Waals surface area contributed by atoms with Gasteiger partial charge in [0.2, 0.25) is 0 Å². The van der Waals surface area contributed by atoms with Crippen molar-refractivity contribution in [1.82, 2.24) is 31.3 Å². The van der Waals surface area contributed by atoms with Crippen LogP contribution < -0.4 is 21.4 Å². The van der Waals surface area contributed by atoms with Crippen molar-refractivity contribution in [3.8, 4) is 0 Å². The van der Waals surface area contributed by atoms with Crippen LogP contribution in [0.5, 0.6) is 0 Å². The maximum atomic E-state index is 12.0. The van der Waals surface area contributed by atoms with E-state index in [2.05, 4.69) is 60.6 Å². The van der Waals surface area contributed by atoms with Crippen molar-refractivity contribution >= 4 is 23.5 Å². The van der Waals surface area contributed by atoms with E-state index in [-0.39, 0.29) is 5.91 Å². The van der Waals surface area contributed by atoms with Crippen LogP contribution in [-0.4, -0.2) is 60.8 Å². The monoisotopic (exact) mass is 529 g/mol. The fraction of sp³-hybridized carbons (Fsp3) is 0.276. The first kappa shape index (κ1) is 27.4. The number of hydrogen-bond donors (Lipinski definition) is 4. The topological polar surface area (TPSA) is 93.7 Å². The second-order valence-electron chi connectivity index (χ2n) is 8.91. The van der Waals surface area contributed by atoms with Crippen molar-refractivity contribution < 1.29 is 4.79 Å². The van der Waals surface area contributed by atoms with Crippen LogP contribution in [0.1, 0.15) is 26.5 Å². The van der Waals surface area contributed by atoms with Gasteiger partial charge in [-0.15, -0.1) is 11.3 Å². The molecule has 8 nitrogen and oxygen atoms in total. The number of allylic oxidation sites excluding steroid dienone is 2. The summed E-state index contributed by atoms with van der Waals surface area (Å²) in [6.45, 7) is 6.16. The number of dihydropyridines is 1. The number of carbonyl (C=O) groups is 1. The number of nitrogens with one attached hydrogen (secondary N) is 4. The molecule has 198 valence electrons. The number of nitrogens with zero attached hydrogens (tertiary/aromatic N) is 3. The van der Waals surface area contributed by atoms with Crippen molar-refractivity contribution in [3.05, 3.63) is 112 Å². The minimum atomic E-state index is -0.194. The minimum Gasteiger partial charge on any atom is -0.383 e. The Hall–Kier alpha value is -3.63. The van der Waals surface area contributed by atoms with E-state index < -0.39 is 0 Å². The lowest BCUT2D eigenvalue weighted by molar-refractivity contribution is 0.0959. The lowest BCUT2D eigenvalue weighted by atomic mass is 10.1. The molecule has 9 heteroatoms. The van der Waals surface area contributed by atoms with Crippen molar-refractivity contribution in [1.29, 1.82) is 0 Å². The molecule has 3 heterocycles.